The van der Waals surface area contributed by atoms with Crippen LogP contribution in [0.5, 0.6) is 0 Å². The second kappa shape index (κ2) is 7.09. The van der Waals surface area contributed by atoms with Gasteiger partial charge in [-0.25, -0.2) is 0 Å². The molecule has 0 bridgehead atoms. The molecule has 112 valence electrons. The van der Waals surface area contributed by atoms with Crippen molar-refractivity contribution in [3.05, 3.63) is 34.9 Å². The van der Waals surface area contributed by atoms with Gasteiger partial charge in [0, 0.05) is 25.2 Å². The van der Waals surface area contributed by atoms with E-state index in [4.69, 9.17) is 17.3 Å². The van der Waals surface area contributed by atoms with Crippen LogP contribution in [0.1, 0.15) is 32.8 Å². The highest BCUT2D eigenvalue weighted by molar-refractivity contribution is 6.31. The van der Waals surface area contributed by atoms with E-state index in [0.29, 0.717) is 18.1 Å². The van der Waals surface area contributed by atoms with Crippen LogP contribution in [0.4, 0.5) is 0 Å². The van der Waals surface area contributed by atoms with Gasteiger partial charge in [0.05, 0.1) is 5.92 Å². The lowest BCUT2D eigenvalue weighted by atomic mass is 9.84. The Labute approximate surface area is 127 Å². The molecule has 1 aromatic rings. The molecule has 20 heavy (non-hydrogen) atoms. The van der Waals surface area contributed by atoms with Crippen molar-refractivity contribution in [3.8, 4) is 0 Å². The Morgan fingerprint density at radius 1 is 1.35 bits per heavy atom. The third-order valence-corrected chi connectivity index (χ3v) is 3.60. The van der Waals surface area contributed by atoms with Gasteiger partial charge in [0.25, 0.3) is 0 Å². The maximum absolute atomic E-state index is 12.5. The summed E-state index contributed by atoms with van der Waals surface area (Å²) in [6, 6.07) is 7.59. The van der Waals surface area contributed by atoms with Crippen molar-refractivity contribution in [2.24, 2.45) is 17.1 Å². The smallest absolute Gasteiger partial charge is 0.227 e. The zero-order chi connectivity index (χ0) is 15.3. The van der Waals surface area contributed by atoms with Gasteiger partial charge in [-0.3, -0.25) is 4.79 Å². The molecule has 3 nitrogen and oxygen atoms in total. The van der Waals surface area contributed by atoms with E-state index in [1.54, 1.807) is 11.9 Å². The number of carbonyl (C=O) groups is 1. The number of halogens is 1. The summed E-state index contributed by atoms with van der Waals surface area (Å²) >= 11 is 6.13. The number of hydrogen-bond donors (Lipinski definition) is 1. The van der Waals surface area contributed by atoms with Crippen molar-refractivity contribution in [1.29, 1.82) is 0 Å². The van der Waals surface area contributed by atoms with Gasteiger partial charge in [0.1, 0.15) is 0 Å². The molecule has 0 saturated heterocycles. The lowest BCUT2D eigenvalue weighted by molar-refractivity contribution is -0.135. The quantitative estimate of drug-likeness (QED) is 0.906. The van der Waals surface area contributed by atoms with Crippen molar-refractivity contribution in [3.63, 3.8) is 0 Å². The molecular formula is C16H25ClN2O. The summed E-state index contributed by atoms with van der Waals surface area (Å²) in [5, 5.41) is 0.687. The summed E-state index contributed by atoms with van der Waals surface area (Å²) in [5.41, 5.74) is 6.81. The molecule has 2 N–H and O–H groups in total. The van der Waals surface area contributed by atoms with Gasteiger partial charge in [-0.05, 0) is 23.5 Å². The van der Waals surface area contributed by atoms with Crippen LogP contribution >= 0.6 is 11.6 Å². The minimum Gasteiger partial charge on any atom is -0.341 e. The van der Waals surface area contributed by atoms with Crippen LogP contribution in [0.15, 0.2) is 24.3 Å². The zero-order valence-corrected chi connectivity index (χ0v) is 13.6. The van der Waals surface area contributed by atoms with Crippen molar-refractivity contribution in [1.82, 2.24) is 4.90 Å². The maximum Gasteiger partial charge on any atom is 0.227 e. The van der Waals surface area contributed by atoms with E-state index in [1.807, 2.05) is 24.3 Å². The van der Waals surface area contributed by atoms with Crippen LogP contribution in [-0.4, -0.2) is 24.4 Å². The third-order valence-electron chi connectivity index (χ3n) is 3.23. The first-order chi connectivity index (χ1) is 9.24. The molecule has 4 heteroatoms. The molecule has 0 radical (unpaired) electrons. The molecule has 1 atom stereocenters. The Morgan fingerprint density at radius 3 is 2.45 bits per heavy atom. The Balaban J connectivity index is 2.73. The Bertz CT molecular complexity index is 454. The molecule has 0 aliphatic heterocycles. The lowest BCUT2D eigenvalue weighted by Gasteiger charge is -2.28. The minimum absolute atomic E-state index is 0.0855. The van der Waals surface area contributed by atoms with Crippen molar-refractivity contribution < 1.29 is 4.79 Å². The van der Waals surface area contributed by atoms with Gasteiger partial charge in [0.15, 0.2) is 0 Å². The summed E-state index contributed by atoms with van der Waals surface area (Å²) in [7, 11) is 1.80. The normalized spacial score (nSPS) is 13.1. The maximum atomic E-state index is 12.5. The molecule has 0 saturated carbocycles. The Kier molecular flexibility index (Phi) is 6.03. The third kappa shape index (κ3) is 5.14. The van der Waals surface area contributed by atoms with Crippen LogP contribution < -0.4 is 5.73 Å². The topological polar surface area (TPSA) is 46.3 Å². The highest BCUT2D eigenvalue weighted by Gasteiger charge is 2.26. The molecule has 1 amide bonds. The monoisotopic (exact) mass is 296 g/mol. The SMILES string of the molecule is CN(Cc1ccccc1Cl)C(=O)C(CN)CC(C)(C)C. The van der Waals surface area contributed by atoms with Crippen LogP contribution in [0.3, 0.4) is 0 Å². The van der Waals surface area contributed by atoms with Gasteiger partial charge in [-0.2, -0.15) is 0 Å². The van der Waals surface area contributed by atoms with E-state index >= 15 is 0 Å². The Hall–Kier alpha value is -1.06. The predicted molar refractivity (Wildman–Crippen MR) is 84.5 cm³/mol. The van der Waals surface area contributed by atoms with Gasteiger partial charge in [-0.1, -0.05) is 50.6 Å². The van der Waals surface area contributed by atoms with Gasteiger partial charge < -0.3 is 10.6 Å². The molecule has 1 aromatic carbocycles. The average molecular weight is 297 g/mol. The van der Waals surface area contributed by atoms with Crippen LogP contribution in [0, 0.1) is 11.3 Å². The first kappa shape index (κ1) is 17.0. The van der Waals surface area contributed by atoms with E-state index in [0.717, 1.165) is 12.0 Å². The number of amides is 1. The second-order valence-corrected chi connectivity index (χ2v) is 6.89. The fourth-order valence-corrected chi connectivity index (χ4v) is 2.48. The molecule has 0 heterocycles. The molecule has 0 fully saturated rings. The van der Waals surface area contributed by atoms with E-state index < -0.39 is 0 Å². The number of carbonyl (C=O) groups excluding carboxylic acids is 1. The highest BCUT2D eigenvalue weighted by Crippen LogP contribution is 2.25. The fourth-order valence-electron chi connectivity index (χ4n) is 2.28. The van der Waals surface area contributed by atoms with Crippen LogP contribution in [0.2, 0.25) is 5.02 Å². The van der Waals surface area contributed by atoms with E-state index in [2.05, 4.69) is 20.8 Å². The number of hydrogen-bond acceptors (Lipinski definition) is 2. The standard InChI is InChI=1S/C16H25ClN2O/c1-16(2,3)9-13(10-18)15(20)19(4)11-12-7-5-6-8-14(12)17/h5-8,13H,9-11,18H2,1-4H3. The first-order valence-corrected chi connectivity index (χ1v) is 7.31. The number of nitrogens with zero attached hydrogens (tertiary/aromatic N) is 1. The molecule has 0 aliphatic rings. The zero-order valence-electron chi connectivity index (χ0n) is 12.8. The highest BCUT2D eigenvalue weighted by atomic mass is 35.5. The number of nitrogens with two attached hydrogens (primary N) is 1. The van der Waals surface area contributed by atoms with E-state index in [9.17, 15) is 4.79 Å². The number of benzene rings is 1. The lowest BCUT2D eigenvalue weighted by Crippen LogP contribution is -2.38. The molecule has 0 aliphatic carbocycles. The molecule has 0 aromatic heterocycles. The van der Waals surface area contributed by atoms with Crippen LogP contribution in [0.25, 0.3) is 0 Å². The van der Waals surface area contributed by atoms with E-state index in [1.165, 1.54) is 0 Å². The second-order valence-electron chi connectivity index (χ2n) is 6.48. The van der Waals surface area contributed by atoms with Crippen LogP contribution in [-0.2, 0) is 11.3 Å². The summed E-state index contributed by atoms with van der Waals surface area (Å²) in [6.45, 7) is 7.26. The molecule has 1 rings (SSSR count). The average Bonchev–Trinajstić information content (AvgIpc) is 2.36. The minimum atomic E-state index is -0.137. The van der Waals surface area contributed by atoms with Crippen molar-refractivity contribution in [2.75, 3.05) is 13.6 Å². The largest absolute Gasteiger partial charge is 0.341 e. The van der Waals surface area contributed by atoms with Crippen molar-refractivity contribution in [2.45, 2.75) is 33.7 Å². The Morgan fingerprint density at radius 2 is 1.95 bits per heavy atom. The van der Waals surface area contributed by atoms with Gasteiger partial charge in [-0.15, -0.1) is 0 Å². The van der Waals surface area contributed by atoms with Gasteiger partial charge >= 0.3 is 0 Å². The summed E-state index contributed by atoms with van der Waals surface area (Å²) in [6.07, 6.45) is 0.787. The summed E-state index contributed by atoms with van der Waals surface area (Å²) in [4.78, 5) is 14.2. The summed E-state index contributed by atoms with van der Waals surface area (Å²) in [5.74, 6) is -0.0511. The fraction of sp³-hybridized carbons (Fsp3) is 0.562. The van der Waals surface area contributed by atoms with Crippen molar-refractivity contribution >= 4 is 17.5 Å². The number of rotatable bonds is 5. The first-order valence-electron chi connectivity index (χ1n) is 6.93. The molecule has 1 unspecified atom stereocenters. The van der Waals surface area contributed by atoms with E-state index in [-0.39, 0.29) is 17.2 Å². The predicted octanol–water partition coefficient (Wildman–Crippen LogP) is 3.31. The molecule has 0 spiro atoms. The summed E-state index contributed by atoms with van der Waals surface area (Å²) < 4.78 is 0. The van der Waals surface area contributed by atoms with Gasteiger partial charge in [0.2, 0.25) is 5.91 Å². The molecular weight excluding hydrogens is 272 g/mol.